The summed E-state index contributed by atoms with van der Waals surface area (Å²) in [4.78, 5) is 4.46. The van der Waals surface area contributed by atoms with Crippen molar-refractivity contribution in [3.63, 3.8) is 0 Å². The molecule has 0 aliphatic heterocycles. The summed E-state index contributed by atoms with van der Waals surface area (Å²) in [7, 11) is 2.00. The quantitative estimate of drug-likeness (QED) is 0.500. The topological polar surface area (TPSA) is 50.1 Å². The second kappa shape index (κ2) is 7.13. The van der Waals surface area contributed by atoms with Gasteiger partial charge in [0.2, 0.25) is 0 Å². The van der Waals surface area contributed by atoms with E-state index in [9.17, 15) is 5.11 Å². The zero-order valence-electron chi connectivity index (χ0n) is 14.5. The van der Waals surface area contributed by atoms with Crippen LogP contribution in [-0.4, -0.2) is 35.2 Å². The molecule has 0 radical (unpaired) electrons. The van der Waals surface area contributed by atoms with Crippen molar-refractivity contribution in [2.75, 3.05) is 11.9 Å². The van der Waals surface area contributed by atoms with Crippen molar-refractivity contribution in [3.05, 3.63) is 65.3 Å². The summed E-state index contributed by atoms with van der Waals surface area (Å²) in [6, 6.07) is 18.3. The highest BCUT2D eigenvalue weighted by Gasteiger charge is 2.14. The standard InChI is InChI=1S/C20H19BBrN3O/c21-20-9-17-16-8-13(22)6-7-18(16)25(19(17)11-24-20)12-15(26)10-23-14-4-2-1-3-5-14/h1-9,11,15,23,26H,10,12,21H2. The molecule has 0 bridgehead atoms. The zero-order valence-corrected chi connectivity index (χ0v) is 16.1. The van der Waals surface area contributed by atoms with Crippen LogP contribution in [0.25, 0.3) is 21.8 Å². The number of hydrogen-bond acceptors (Lipinski definition) is 3. The Morgan fingerprint density at radius 1 is 1.08 bits per heavy atom. The van der Waals surface area contributed by atoms with E-state index in [4.69, 9.17) is 0 Å². The maximum atomic E-state index is 10.6. The van der Waals surface area contributed by atoms with E-state index in [-0.39, 0.29) is 0 Å². The molecule has 1 unspecified atom stereocenters. The first-order valence-electron chi connectivity index (χ1n) is 8.63. The van der Waals surface area contributed by atoms with Gasteiger partial charge in [-0.1, -0.05) is 34.1 Å². The van der Waals surface area contributed by atoms with E-state index >= 15 is 0 Å². The fourth-order valence-corrected chi connectivity index (χ4v) is 3.70. The predicted molar refractivity (Wildman–Crippen MR) is 114 cm³/mol. The van der Waals surface area contributed by atoms with Gasteiger partial charge in [-0.05, 0) is 42.0 Å². The number of aromatic nitrogens is 2. The maximum Gasteiger partial charge on any atom is 0.163 e. The number of halogens is 1. The third-order valence-corrected chi connectivity index (χ3v) is 5.05. The molecule has 0 aliphatic rings. The van der Waals surface area contributed by atoms with E-state index < -0.39 is 6.10 Å². The average Bonchev–Trinajstić information content (AvgIpc) is 2.93. The second-order valence-corrected chi connectivity index (χ2v) is 7.43. The maximum absolute atomic E-state index is 10.6. The van der Waals surface area contributed by atoms with Gasteiger partial charge in [-0.2, -0.15) is 0 Å². The van der Waals surface area contributed by atoms with Crippen LogP contribution in [0.5, 0.6) is 0 Å². The van der Waals surface area contributed by atoms with E-state index in [1.807, 2.05) is 50.4 Å². The van der Waals surface area contributed by atoms with E-state index in [1.54, 1.807) is 0 Å². The Labute approximate surface area is 161 Å². The first kappa shape index (κ1) is 17.1. The first-order chi connectivity index (χ1) is 12.6. The van der Waals surface area contributed by atoms with Crippen LogP contribution < -0.4 is 10.9 Å². The summed E-state index contributed by atoms with van der Waals surface area (Å²) in [5.74, 6) is 0. The lowest BCUT2D eigenvalue weighted by molar-refractivity contribution is 0.169. The van der Waals surface area contributed by atoms with Crippen LogP contribution >= 0.6 is 15.9 Å². The Morgan fingerprint density at radius 2 is 1.85 bits per heavy atom. The normalized spacial score (nSPS) is 12.5. The van der Waals surface area contributed by atoms with Gasteiger partial charge in [0.25, 0.3) is 0 Å². The number of nitrogens with one attached hydrogen (secondary N) is 1. The van der Waals surface area contributed by atoms with Crippen LogP contribution in [0.4, 0.5) is 5.69 Å². The van der Waals surface area contributed by atoms with Crippen molar-refractivity contribution in [2.45, 2.75) is 12.6 Å². The Balaban J connectivity index is 1.66. The SMILES string of the molecule is Bc1cc2c3cc(Br)ccc3n(CC(O)CNc3ccccc3)c2cn1. The zero-order chi connectivity index (χ0) is 18.1. The molecular formula is C20H19BBrN3O. The summed E-state index contributed by atoms with van der Waals surface area (Å²) in [6.07, 6.45) is 1.38. The molecule has 0 saturated carbocycles. The molecule has 0 aliphatic carbocycles. The third-order valence-electron chi connectivity index (χ3n) is 4.56. The molecule has 2 N–H and O–H groups in total. The van der Waals surface area contributed by atoms with Crippen LogP contribution in [0.2, 0.25) is 0 Å². The average molecular weight is 408 g/mol. The predicted octanol–water partition coefficient (Wildman–Crippen LogP) is 2.68. The summed E-state index contributed by atoms with van der Waals surface area (Å²) in [5, 5.41) is 16.2. The van der Waals surface area contributed by atoms with Crippen molar-refractivity contribution in [3.8, 4) is 0 Å². The number of hydrogen-bond donors (Lipinski definition) is 2. The number of fused-ring (bicyclic) bond motifs is 3. The molecule has 6 heteroatoms. The van der Waals surface area contributed by atoms with Crippen molar-refractivity contribution in [1.29, 1.82) is 0 Å². The Bertz CT molecular complexity index is 1010. The van der Waals surface area contributed by atoms with Gasteiger partial charge in [0.1, 0.15) is 0 Å². The van der Waals surface area contributed by atoms with Crippen LogP contribution in [0, 0.1) is 0 Å². The molecule has 1 atom stereocenters. The van der Waals surface area contributed by atoms with Gasteiger partial charge in [-0.15, -0.1) is 0 Å². The number of pyridine rings is 1. The fourth-order valence-electron chi connectivity index (χ4n) is 3.34. The number of anilines is 1. The second-order valence-electron chi connectivity index (χ2n) is 6.52. The Morgan fingerprint density at radius 3 is 2.65 bits per heavy atom. The highest BCUT2D eigenvalue weighted by atomic mass is 79.9. The number of para-hydroxylation sites is 1. The minimum atomic E-state index is -0.515. The van der Waals surface area contributed by atoms with Gasteiger partial charge < -0.3 is 15.0 Å². The van der Waals surface area contributed by atoms with E-state index in [0.29, 0.717) is 13.1 Å². The van der Waals surface area contributed by atoms with E-state index in [2.05, 4.69) is 49.0 Å². The number of aliphatic hydroxyl groups excluding tert-OH is 1. The van der Waals surface area contributed by atoms with E-state index in [1.165, 1.54) is 5.39 Å². The van der Waals surface area contributed by atoms with Crippen molar-refractivity contribution in [1.82, 2.24) is 9.55 Å². The number of rotatable bonds is 5. The molecule has 26 heavy (non-hydrogen) atoms. The van der Waals surface area contributed by atoms with Gasteiger partial charge in [0, 0.05) is 33.0 Å². The minimum Gasteiger partial charge on any atom is -0.389 e. The van der Waals surface area contributed by atoms with Crippen molar-refractivity contribution >= 4 is 56.9 Å². The minimum absolute atomic E-state index is 0.487. The Hall–Kier alpha value is -2.31. The van der Waals surface area contributed by atoms with Crippen molar-refractivity contribution < 1.29 is 5.11 Å². The summed E-state index contributed by atoms with van der Waals surface area (Å²) >= 11 is 3.56. The summed E-state index contributed by atoms with van der Waals surface area (Å²) in [6.45, 7) is 0.993. The monoisotopic (exact) mass is 407 g/mol. The summed E-state index contributed by atoms with van der Waals surface area (Å²) in [5.41, 5.74) is 4.15. The fraction of sp³-hybridized carbons (Fsp3) is 0.150. The molecule has 4 nitrogen and oxygen atoms in total. The number of benzene rings is 2. The molecular weight excluding hydrogens is 389 g/mol. The smallest absolute Gasteiger partial charge is 0.163 e. The van der Waals surface area contributed by atoms with Gasteiger partial charge in [-0.25, -0.2) is 0 Å². The number of aliphatic hydroxyl groups is 1. The Kier molecular flexibility index (Phi) is 4.70. The van der Waals surface area contributed by atoms with Crippen molar-refractivity contribution in [2.24, 2.45) is 0 Å². The molecule has 130 valence electrons. The largest absolute Gasteiger partial charge is 0.389 e. The lowest BCUT2D eigenvalue weighted by Gasteiger charge is -2.15. The van der Waals surface area contributed by atoms with Gasteiger partial charge in [0.15, 0.2) is 7.85 Å². The number of nitrogens with zero attached hydrogens (tertiary/aromatic N) is 2. The molecule has 0 spiro atoms. The molecule has 2 aromatic heterocycles. The molecule has 0 saturated heterocycles. The summed E-state index contributed by atoms with van der Waals surface area (Å²) < 4.78 is 3.20. The molecule has 4 rings (SSSR count). The first-order valence-corrected chi connectivity index (χ1v) is 9.42. The van der Waals surface area contributed by atoms with Gasteiger partial charge >= 0.3 is 0 Å². The van der Waals surface area contributed by atoms with E-state index in [0.717, 1.165) is 32.2 Å². The van der Waals surface area contributed by atoms with Crippen LogP contribution in [0.15, 0.2) is 65.3 Å². The lowest BCUT2D eigenvalue weighted by atomic mass is 10.0. The van der Waals surface area contributed by atoms with Crippen LogP contribution in [0.3, 0.4) is 0 Å². The molecule has 0 amide bonds. The third kappa shape index (κ3) is 3.35. The molecule has 0 fully saturated rings. The van der Waals surface area contributed by atoms with Gasteiger partial charge in [0.05, 0.1) is 24.4 Å². The van der Waals surface area contributed by atoms with Crippen LogP contribution in [0.1, 0.15) is 0 Å². The van der Waals surface area contributed by atoms with Gasteiger partial charge in [-0.3, -0.25) is 4.98 Å². The highest BCUT2D eigenvalue weighted by molar-refractivity contribution is 9.10. The molecule has 2 aromatic carbocycles. The highest BCUT2D eigenvalue weighted by Crippen LogP contribution is 2.30. The molecule has 4 aromatic rings. The van der Waals surface area contributed by atoms with Crippen LogP contribution in [-0.2, 0) is 6.54 Å². The molecule has 2 heterocycles. The lowest BCUT2D eigenvalue weighted by Crippen LogP contribution is -2.25.